The van der Waals surface area contributed by atoms with Crippen LogP contribution in [-0.4, -0.2) is 0 Å². The Morgan fingerprint density at radius 1 is 1.05 bits per heavy atom. The highest BCUT2D eigenvalue weighted by Crippen LogP contribution is 2.31. The lowest BCUT2D eigenvalue weighted by atomic mass is 10.0. The monoisotopic (exact) mass is 439 g/mol. The average molecular weight is 441 g/mol. The number of halogens is 4. The highest BCUT2D eigenvalue weighted by Gasteiger charge is 2.12. The van der Waals surface area contributed by atoms with Gasteiger partial charge in [0, 0.05) is 14.3 Å². The summed E-state index contributed by atoms with van der Waals surface area (Å²) in [5, 5.41) is 5.41. The van der Waals surface area contributed by atoms with Crippen LogP contribution in [0.25, 0.3) is 0 Å². The molecular formula is C15H13Cl3IN. The fourth-order valence-corrected chi connectivity index (χ4v) is 3.28. The lowest BCUT2D eigenvalue weighted by Crippen LogP contribution is -2.10. The number of anilines is 1. The second-order valence-electron chi connectivity index (χ2n) is 4.40. The molecule has 0 spiro atoms. The van der Waals surface area contributed by atoms with Crippen LogP contribution in [0.3, 0.4) is 0 Å². The van der Waals surface area contributed by atoms with Gasteiger partial charge in [-0.25, -0.2) is 0 Å². The molecule has 2 aromatic carbocycles. The topological polar surface area (TPSA) is 12.0 Å². The van der Waals surface area contributed by atoms with E-state index in [2.05, 4.69) is 34.8 Å². The van der Waals surface area contributed by atoms with Crippen LogP contribution in [0.4, 0.5) is 5.69 Å². The standard InChI is InChI=1S/C15H13Cl3IN/c1-2-14(9-3-5-11(17)12(18)7-9)20-15-6-4-10(16)8-13(15)19/h3-8,14,20H,2H2,1H3. The second kappa shape index (κ2) is 7.21. The Kier molecular flexibility index (Phi) is 5.84. The molecule has 0 saturated heterocycles. The summed E-state index contributed by atoms with van der Waals surface area (Å²) in [4.78, 5) is 0. The Hall–Kier alpha value is -0.160. The zero-order valence-electron chi connectivity index (χ0n) is 10.8. The Bertz CT molecular complexity index is 616. The van der Waals surface area contributed by atoms with E-state index in [0.717, 1.165) is 26.3 Å². The molecule has 0 aliphatic carbocycles. The Morgan fingerprint density at radius 2 is 1.80 bits per heavy atom. The van der Waals surface area contributed by atoms with Gasteiger partial charge in [-0.15, -0.1) is 0 Å². The normalized spacial score (nSPS) is 12.2. The summed E-state index contributed by atoms with van der Waals surface area (Å²) in [6.45, 7) is 2.13. The van der Waals surface area contributed by atoms with Crippen molar-refractivity contribution in [2.75, 3.05) is 5.32 Å². The zero-order valence-corrected chi connectivity index (χ0v) is 15.2. The first kappa shape index (κ1) is 16.2. The van der Waals surface area contributed by atoms with Crippen LogP contribution in [0.15, 0.2) is 36.4 Å². The highest BCUT2D eigenvalue weighted by atomic mass is 127. The molecule has 2 aromatic rings. The average Bonchev–Trinajstić information content (AvgIpc) is 2.41. The molecule has 0 fully saturated rings. The van der Waals surface area contributed by atoms with Gasteiger partial charge in [0.05, 0.1) is 16.1 Å². The molecule has 0 saturated carbocycles. The van der Waals surface area contributed by atoms with Crippen LogP contribution >= 0.6 is 57.4 Å². The number of nitrogens with one attached hydrogen (secondary N) is 1. The van der Waals surface area contributed by atoms with Crippen LogP contribution in [0.1, 0.15) is 24.9 Å². The SMILES string of the molecule is CCC(Nc1ccc(Cl)cc1I)c1ccc(Cl)c(Cl)c1. The van der Waals surface area contributed by atoms with Gasteiger partial charge >= 0.3 is 0 Å². The van der Waals surface area contributed by atoms with Crippen LogP contribution < -0.4 is 5.32 Å². The molecule has 0 bridgehead atoms. The molecule has 106 valence electrons. The van der Waals surface area contributed by atoms with E-state index in [1.807, 2.05) is 36.4 Å². The zero-order chi connectivity index (χ0) is 14.7. The molecule has 20 heavy (non-hydrogen) atoms. The van der Waals surface area contributed by atoms with Gasteiger partial charge in [0.2, 0.25) is 0 Å². The summed E-state index contributed by atoms with van der Waals surface area (Å²) in [6, 6.07) is 11.7. The fourth-order valence-electron chi connectivity index (χ4n) is 1.94. The first-order valence-electron chi connectivity index (χ1n) is 6.17. The van der Waals surface area contributed by atoms with Crippen LogP contribution in [0, 0.1) is 3.57 Å². The molecule has 0 aliphatic heterocycles. The van der Waals surface area contributed by atoms with Crippen LogP contribution in [0.2, 0.25) is 15.1 Å². The van der Waals surface area contributed by atoms with Crippen molar-refractivity contribution in [2.45, 2.75) is 19.4 Å². The smallest absolute Gasteiger partial charge is 0.0595 e. The van der Waals surface area contributed by atoms with Gasteiger partial charge in [-0.3, -0.25) is 0 Å². The third-order valence-corrected chi connectivity index (χ3v) is 4.88. The predicted molar refractivity (Wildman–Crippen MR) is 97.3 cm³/mol. The minimum atomic E-state index is 0.180. The largest absolute Gasteiger partial charge is 0.377 e. The molecule has 0 amide bonds. The van der Waals surface area contributed by atoms with E-state index in [4.69, 9.17) is 34.8 Å². The lowest BCUT2D eigenvalue weighted by Gasteiger charge is -2.20. The highest BCUT2D eigenvalue weighted by molar-refractivity contribution is 14.1. The third-order valence-electron chi connectivity index (χ3n) is 3.02. The maximum atomic E-state index is 6.09. The van der Waals surface area contributed by atoms with Crippen molar-refractivity contribution in [1.29, 1.82) is 0 Å². The van der Waals surface area contributed by atoms with E-state index < -0.39 is 0 Å². The van der Waals surface area contributed by atoms with Crippen molar-refractivity contribution in [3.63, 3.8) is 0 Å². The number of hydrogen-bond acceptors (Lipinski definition) is 1. The van der Waals surface area contributed by atoms with Crippen LogP contribution in [-0.2, 0) is 0 Å². The summed E-state index contributed by atoms with van der Waals surface area (Å²) in [6.07, 6.45) is 0.941. The Balaban J connectivity index is 2.26. The first-order valence-corrected chi connectivity index (χ1v) is 8.39. The van der Waals surface area contributed by atoms with Crippen molar-refractivity contribution in [3.8, 4) is 0 Å². The second-order valence-corrected chi connectivity index (χ2v) is 6.82. The molecule has 0 radical (unpaired) electrons. The molecule has 2 rings (SSSR count). The van der Waals surface area contributed by atoms with Crippen molar-refractivity contribution >= 4 is 63.1 Å². The Morgan fingerprint density at radius 3 is 2.40 bits per heavy atom. The molecular weight excluding hydrogens is 427 g/mol. The van der Waals surface area contributed by atoms with E-state index >= 15 is 0 Å². The van der Waals surface area contributed by atoms with E-state index in [-0.39, 0.29) is 6.04 Å². The predicted octanol–water partition coefficient (Wildman–Crippen LogP) is 6.81. The minimum absolute atomic E-state index is 0.180. The summed E-state index contributed by atoms with van der Waals surface area (Å²) < 4.78 is 1.09. The van der Waals surface area contributed by atoms with Gasteiger partial charge in [0.25, 0.3) is 0 Å². The van der Waals surface area contributed by atoms with Crippen molar-refractivity contribution in [1.82, 2.24) is 0 Å². The molecule has 0 aliphatic rings. The van der Waals surface area contributed by atoms with Crippen molar-refractivity contribution in [2.24, 2.45) is 0 Å². The quantitative estimate of drug-likeness (QED) is 0.515. The molecule has 1 unspecified atom stereocenters. The van der Waals surface area contributed by atoms with Crippen LogP contribution in [0.5, 0.6) is 0 Å². The van der Waals surface area contributed by atoms with E-state index in [9.17, 15) is 0 Å². The maximum absolute atomic E-state index is 6.09. The summed E-state index contributed by atoms with van der Waals surface area (Å²) in [7, 11) is 0. The van der Waals surface area contributed by atoms with Crippen molar-refractivity contribution in [3.05, 3.63) is 60.6 Å². The van der Waals surface area contributed by atoms with E-state index in [0.29, 0.717) is 10.0 Å². The molecule has 1 N–H and O–H groups in total. The lowest BCUT2D eigenvalue weighted by molar-refractivity contribution is 0.749. The minimum Gasteiger partial charge on any atom is -0.377 e. The van der Waals surface area contributed by atoms with Gasteiger partial charge in [-0.2, -0.15) is 0 Å². The maximum Gasteiger partial charge on any atom is 0.0595 e. The number of rotatable bonds is 4. The number of benzene rings is 2. The number of hydrogen-bond donors (Lipinski definition) is 1. The summed E-state index contributed by atoms with van der Waals surface area (Å²) in [5.74, 6) is 0. The van der Waals surface area contributed by atoms with Gasteiger partial charge in [0.1, 0.15) is 0 Å². The van der Waals surface area contributed by atoms with E-state index in [1.165, 1.54) is 0 Å². The van der Waals surface area contributed by atoms with Gasteiger partial charge < -0.3 is 5.32 Å². The van der Waals surface area contributed by atoms with Gasteiger partial charge in [-0.05, 0) is 64.9 Å². The van der Waals surface area contributed by atoms with Gasteiger partial charge in [0.15, 0.2) is 0 Å². The Labute approximate surface area is 147 Å². The third kappa shape index (κ3) is 3.94. The molecule has 0 heterocycles. The molecule has 1 nitrogen and oxygen atoms in total. The summed E-state index contributed by atoms with van der Waals surface area (Å²) >= 11 is 20.3. The summed E-state index contributed by atoms with van der Waals surface area (Å²) in [5.41, 5.74) is 2.18. The molecule has 1 atom stereocenters. The van der Waals surface area contributed by atoms with Crippen molar-refractivity contribution < 1.29 is 0 Å². The first-order chi connectivity index (χ1) is 9.51. The van der Waals surface area contributed by atoms with Gasteiger partial charge in [-0.1, -0.05) is 47.8 Å². The van der Waals surface area contributed by atoms with E-state index in [1.54, 1.807) is 0 Å². The molecule has 5 heteroatoms. The molecule has 0 aromatic heterocycles. The fraction of sp³-hybridized carbons (Fsp3) is 0.200.